The van der Waals surface area contributed by atoms with E-state index < -0.39 is 95.8 Å². The van der Waals surface area contributed by atoms with E-state index in [4.69, 9.17) is 9.84 Å². The van der Waals surface area contributed by atoms with Gasteiger partial charge in [-0.05, 0) is 52.5 Å². The highest BCUT2D eigenvalue weighted by atomic mass is 16.5. The predicted octanol–water partition coefficient (Wildman–Crippen LogP) is 0.505. The molecule has 0 heterocycles. The van der Waals surface area contributed by atoms with Gasteiger partial charge in [-0.25, -0.2) is 9.59 Å². The van der Waals surface area contributed by atoms with Crippen LogP contribution in [0, 0.1) is 0 Å². The number of Topliss-reactive ketones (excluding diaryl/α,β-unsaturated/α-hetero) is 2. The van der Waals surface area contributed by atoms with Crippen LogP contribution >= 0.6 is 0 Å². The van der Waals surface area contributed by atoms with E-state index in [0.717, 1.165) is 0 Å². The summed E-state index contributed by atoms with van der Waals surface area (Å²) in [5, 5.41) is 44.7. The number of hydrogen-bond acceptors (Lipinski definition) is 11. The highest BCUT2D eigenvalue weighted by Crippen LogP contribution is 2.17. The molecule has 0 bridgehead atoms. The third kappa shape index (κ3) is 13.5. The Balaban J connectivity index is 2.76. The smallest absolute Gasteiger partial charge is 0.397 e. The molecule has 0 fully saturated rings. The minimum absolute atomic E-state index is 0.219. The number of benzene rings is 1. The molecule has 254 valence electrons. The van der Waals surface area contributed by atoms with E-state index in [2.05, 4.69) is 10.6 Å². The van der Waals surface area contributed by atoms with Crippen LogP contribution in [0.5, 0.6) is 0 Å². The molecular weight excluding hydrogens is 610 g/mol. The largest absolute Gasteiger partial charge is 0.481 e. The van der Waals surface area contributed by atoms with Gasteiger partial charge in [0.25, 0.3) is 0 Å². The molecule has 7 N–H and O–H groups in total. The van der Waals surface area contributed by atoms with E-state index in [1.807, 2.05) is 5.32 Å². The van der Waals surface area contributed by atoms with Crippen LogP contribution in [-0.4, -0.2) is 96.9 Å². The lowest BCUT2D eigenvalue weighted by molar-refractivity contribution is -0.157. The van der Waals surface area contributed by atoms with E-state index in [-0.39, 0.29) is 25.9 Å². The average molecular weight is 652 g/mol. The molecule has 3 atom stereocenters. The van der Waals surface area contributed by atoms with Crippen LogP contribution < -0.4 is 16.0 Å². The summed E-state index contributed by atoms with van der Waals surface area (Å²) in [6.45, 7) is 5.25. The van der Waals surface area contributed by atoms with Gasteiger partial charge >= 0.3 is 35.8 Å². The lowest BCUT2D eigenvalue weighted by Gasteiger charge is -2.31. The summed E-state index contributed by atoms with van der Waals surface area (Å²) >= 11 is 0. The number of amides is 1. The molecule has 1 aromatic rings. The van der Waals surface area contributed by atoms with E-state index in [1.54, 1.807) is 30.3 Å². The third-order valence-electron chi connectivity index (χ3n) is 7.03. The molecule has 0 unspecified atom stereocenters. The molecule has 0 aromatic heterocycles. The number of carboxylic acid groups (broad SMARTS) is 4. The molecule has 0 saturated heterocycles. The molecule has 46 heavy (non-hydrogen) atoms. The fraction of sp³-hybridized carbons (Fsp3) is 0.533. The summed E-state index contributed by atoms with van der Waals surface area (Å²) in [6.07, 6.45) is -2.27. The number of esters is 1. The summed E-state index contributed by atoms with van der Waals surface area (Å²) in [5.41, 5.74) is -2.39. The van der Waals surface area contributed by atoms with Gasteiger partial charge < -0.3 is 30.5 Å². The number of hydrogen-bond donors (Lipinski definition) is 7. The Morgan fingerprint density at radius 2 is 1.07 bits per heavy atom. The lowest BCUT2D eigenvalue weighted by Crippen LogP contribution is -2.56. The van der Waals surface area contributed by atoms with Crippen LogP contribution in [0.4, 0.5) is 0 Å². The number of nitrogens with one attached hydrogen (secondary N) is 3. The van der Waals surface area contributed by atoms with Crippen LogP contribution in [0.1, 0.15) is 71.8 Å². The van der Waals surface area contributed by atoms with Gasteiger partial charge in [0.15, 0.2) is 11.6 Å². The maximum Gasteiger partial charge on any atom is 0.397 e. The first-order valence-electron chi connectivity index (χ1n) is 14.3. The Morgan fingerprint density at radius 3 is 1.48 bits per heavy atom. The topological polar surface area (TPSA) is 263 Å². The third-order valence-corrected chi connectivity index (χ3v) is 7.03. The van der Waals surface area contributed by atoms with Gasteiger partial charge in [-0.2, -0.15) is 0 Å². The second-order valence-electron chi connectivity index (χ2n) is 11.6. The van der Waals surface area contributed by atoms with E-state index >= 15 is 0 Å². The van der Waals surface area contributed by atoms with E-state index in [1.165, 1.54) is 27.7 Å². The first kappa shape index (κ1) is 39.3. The monoisotopic (exact) mass is 651 g/mol. The highest BCUT2D eigenvalue weighted by Gasteiger charge is 2.37. The molecule has 0 radical (unpaired) electrons. The standard InChI is InChI=1S/C30H41N3O13/c1-29(2,21(34)13-10-18(25(39)40)31-24(38)28(45)46-16-17-8-6-5-7-9-17)32-19(26(41)42)11-14-22(35)30(3,4)33-20(27(43)44)12-15-23(36)37/h5-9,18-20,32-33H,10-16H2,1-4H3,(H,31,38)(H,36,37)(H,39,40)(H,41,42)(H,43,44)/t18-,19-,20-/m1/s1. The van der Waals surface area contributed by atoms with E-state index in [9.17, 15) is 53.7 Å². The molecule has 1 amide bonds. The van der Waals surface area contributed by atoms with Gasteiger partial charge in [0, 0.05) is 19.3 Å². The zero-order chi connectivity index (χ0) is 35.2. The van der Waals surface area contributed by atoms with Gasteiger partial charge in [-0.15, -0.1) is 0 Å². The van der Waals surface area contributed by atoms with Crippen LogP contribution in [0.2, 0.25) is 0 Å². The zero-order valence-corrected chi connectivity index (χ0v) is 26.0. The predicted molar refractivity (Wildman–Crippen MR) is 158 cm³/mol. The Hall–Kier alpha value is -4.70. The van der Waals surface area contributed by atoms with E-state index in [0.29, 0.717) is 5.56 Å². The molecule has 16 heteroatoms. The Morgan fingerprint density at radius 1 is 0.652 bits per heavy atom. The van der Waals surface area contributed by atoms with Crippen molar-refractivity contribution in [1.82, 2.24) is 16.0 Å². The van der Waals surface area contributed by atoms with Crippen molar-refractivity contribution in [3.8, 4) is 0 Å². The second kappa shape index (κ2) is 17.7. The Kier molecular flexibility index (Phi) is 15.1. The molecule has 0 aliphatic rings. The van der Waals surface area contributed by atoms with Crippen molar-refractivity contribution >= 4 is 47.3 Å². The number of ether oxygens (including phenoxy) is 1. The van der Waals surface area contributed by atoms with Crippen LogP contribution in [-0.2, 0) is 49.7 Å². The van der Waals surface area contributed by atoms with Crippen molar-refractivity contribution in [2.24, 2.45) is 0 Å². The van der Waals surface area contributed by atoms with Gasteiger partial charge in [0.1, 0.15) is 24.7 Å². The Labute approximate surface area is 264 Å². The number of carbonyl (C=O) groups excluding carboxylic acids is 4. The number of carbonyl (C=O) groups is 8. The molecule has 0 aliphatic carbocycles. The van der Waals surface area contributed by atoms with Crippen molar-refractivity contribution in [3.63, 3.8) is 0 Å². The van der Waals surface area contributed by atoms with Crippen LogP contribution in [0.25, 0.3) is 0 Å². The second-order valence-corrected chi connectivity index (χ2v) is 11.6. The molecule has 1 rings (SSSR count). The van der Waals surface area contributed by atoms with Crippen LogP contribution in [0.15, 0.2) is 30.3 Å². The summed E-state index contributed by atoms with van der Waals surface area (Å²) in [7, 11) is 0. The SMILES string of the molecule is CC(C)(N[C@H](CCC(=O)O)C(=O)O)C(=O)CC[C@@H](NC(C)(C)C(=O)CC[C@@H](NC(=O)C(=O)OCc1ccccc1)C(=O)O)C(=O)O. The minimum atomic E-state index is -1.63. The van der Waals surface area contributed by atoms with Gasteiger partial charge in [-0.3, -0.25) is 39.4 Å². The Bertz CT molecular complexity index is 1290. The molecular formula is C30H41N3O13. The molecule has 1 aromatic carbocycles. The minimum Gasteiger partial charge on any atom is -0.481 e. The number of aliphatic carboxylic acids is 4. The fourth-order valence-corrected chi connectivity index (χ4v) is 4.25. The molecule has 0 spiro atoms. The summed E-state index contributed by atoms with van der Waals surface area (Å²) in [6, 6.07) is 4.04. The highest BCUT2D eigenvalue weighted by molar-refractivity contribution is 6.32. The van der Waals surface area contributed by atoms with Gasteiger partial charge in [0.05, 0.1) is 11.1 Å². The zero-order valence-electron chi connectivity index (χ0n) is 26.0. The maximum atomic E-state index is 13.0. The molecule has 0 aliphatic heterocycles. The maximum absolute atomic E-state index is 13.0. The normalized spacial score (nSPS) is 13.5. The molecule has 16 nitrogen and oxygen atoms in total. The van der Waals surface area contributed by atoms with Gasteiger partial charge in [-0.1, -0.05) is 30.3 Å². The van der Waals surface area contributed by atoms with Crippen LogP contribution in [0.3, 0.4) is 0 Å². The average Bonchev–Trinajstić information content (AvgIpc) is 2.97. The van der Waals surface area contributed by atoms with Gasteiger partial charge in [0.2, 0.25) is 0 Å². The first-order chi connectivity index (χ1) is 21.3. The van der Waals surface area contributed by atoms with Crippen molar-refractivity contribution in [2.75, 3.05) is 0 Å². The van der Waals surface area contributed by atoms with Crippen molar-refractivity contribution in [2.45, 2.75) is 102 Å². The number of carboxylic acids is 4. The van der Waals surface area contributed by atoms with Crippen molar-refractivity contribution < 1.29 is 63.5 Å². The quantitative estimate of drug-likeness (QED) is 0.0705. The summed E-state index contributed by atoms with van der Waals surface area (Å²) < 4.78 is 4.87. The van der Waals surface area contributed by atoms with Crippen molar-refractivity contribution in [3.05, 3.63) is 35.9 Å². The number of ketones is 2. The first-order valence-corrected chi connectivity index (χ1v) is 14.3. The molecule has 0 saturated carbocycles. The lowest BCUT2D eigenvalue weighted by atomic mass is 9.90. The van der Waals surface area contributed by atoms with Crippen molar-refractivity contribution in [1.29, 1.82) is 0 Å². The number of rotatable bonds is 21. The summed E-state index contributed by atoms with van der Waals surface area (Å²) in [4.78, 5) is 96.1. The fourth-order valence-electron chi connectivity index (χ4n) is 4.25. The summed E-state index contributed by atoms with van der Waals surface area (Å²) in [5.74, 6) is -9.32.